The summed E-state index contributed by atoms with van der Waals surface area (Å²) >= 11 is 1.44. The standard InChI is InChI=1S/C16H20N2O2S/c1-12-10-17-7-2-5-14(17)11-18(12)16(20)15-13(4-3-8-19)6-9-21-15/h6,9,12,14,19H,2,5,7-8,10-11H2,1H3. The predicted molar refractivity (Wildman–Crippen MR) is 83.4 cm³/mol. The first-order chi connectivity index (χ1) is 10.2. The molecule has 0 radical (unpaired) electrons. The molecule has 3 rings (SSSR count). The number of nitrogens with zero attached hydrogens (tertiary/aromatic N) is 2. The van der Waals surface area contributed by atoms with Crippen molar-refractivity contribution in [1.82, 2.24) is 9.80 Å². The topological polar surface area (TPSA) is 43.8 Å². The molecule has 2 atom stereocenters. The van der Waals surface area contributed by atoms with Crippen molar-refractivity contribution in [3.05, 3.63) is 21.9 Å². The fourth-order valence-corrected chi connectivity index (χ4v) is 4.11. The maximum atomic E-state index is 12.8. The predicted octanol–water partition coefficient (Wildman–Crippen LogP) is 1.40. The summed E-state index contributed by atoms with van der Waals surface area (Å²) in [6.07, 6.45) is 2.43. The van der Waals surface area contributed by atoms with E-state index in [-0.39, 0.29) is 18.6 Å². The third-order valence-corrected chi connectivity index (χ3v) is 5.26. The Morgan fingerprint density at radius 2 is 2.38 bits per heavy atom. The average molecular weight is 304 g/mol. The summed E-state index contributed by atoms with van der Waals surface area (Å²) in [5.74, 6) is 5.60. The molecule has 3 heterocycles. The van der Waals surface area contributed by atoms with Crippen molar-refractivity contribution in [3.8, 4) is 11.8 Å². The number of hydrogen-bond acceptors (Lipinski definition) is 4. The van der Waals surface area contributed by atoms with E-state index in [0.29, 0.717) is 10.9 Å². The molecule has 21 heavy (non-hydrogen) atoms. The number of amides is 1. The minimum atomic E-state index is -0.180. The molecular weight excluding hydrogens is 284 g/mol. The van der Waals surface area contributed by atoms with Gasteiger partial charge >= 0.3 is 0 Å². The Kier molecular flexibility index (Phi) is 4.29. The largest absolute Gasteiger partial charge is 0.384 e. The molecule has 0 aromatic carbocycles. The van der Waals surface area contributed by atoms with Crippen LogP contribution in [0.2, 0.25) is 0 Å². The lowest BCUT2D eigenvalue weighted by atomic mass is 10.1. The van der Waals surface area contributed by atoms with Crippen LogP contribution in [-0.2, 0) is 0 Å². The highest BCUT2D eigenvalue weighted by molar-refractivity contribution is 7.12. The van der Waals surface area contributed by atoms with Crippen molar-refractivity contribution in [2.45, 2.75) is 31.8 Å². The van der Waals surface area contributed by atoms with E-state index in [4.69, 9.17) is 5.11 Å². The number of aliphatic hydroxyl groups is 1. The molecule has 1 amide bonds. The quantitative estimate of drug-likeness (QED) is 0.798. The van der Waals surface area contributed by atoms with Crippen LogP contribution in [0.5, 0.6) is 0 Å². The van der Waals surface area contributed by atoms with E-state index < -0.39 is 0 Å². The van der Waals surface area contributed by atoms with Crippen molar-refractivity contribution in [1.29, 1.82) is 0 Å². The van der Waals surface area contributed by atoms with Gasteiger partial charge in [0.25, 0.3) is 5.91 Å². The van der Waals surface area contributed by atoms with Gasteiger partial charge in [-0.3, -0.25) is 9.69 Å². The monoisotopic (exact) mass is 304 g/mol. The number of carbonyl (C=O) groups is 1. The summed E-state index contributed by atoms with van der Waals surface area (Å²) in [5, 5.41) is 10.7. The highest BCUT2D eigenvalue weighted by Crippen LogP contribution is 2.27. The van der Waals surface area contributed by atoms with Gasteiger partial charge in [-0.1, -0.05) is 11.8 Å². The summed E-state index contributed by atoms with van der Waals surface area (Å²) in [4.78, 5) is 18.0. The summed E-state index contributed by atoms with van der Waals surface area (Å²) in [5.41, 5.74) is 0.736. The van der Waals surface area contributed by atoms with Crippen LogP contribution in [0.3, 0.4) is 0 Å². The number of carbonyl (C=O) groups excluding carboxylic acids is 1. The molecule has 1 aromatic heterocycles. The van der Waals surface area contributed by atoms with Crippen molar-refractivity contribution in [2.75, 3.05) is 26.2 Å². The van der Waals surface area contributed by atoms with E-state index in [1.54, 1.807) is 0 Å². The Bertz CT molecular complexity index is 587. The van der Waals surface area contributed by atoms with Crippen molar-refractivity contribution in [3.63, 3.8) is 0 Å². The average Bonchev–Trinajstić information content (AvgIpc) is 3.11. The number of thiophene rings is 1. The second-order valence-electron chi connectivity index (χ2n) is 5.72. The first kappa shape index (κ1) is 14.6. The number of piperazine rings is 1. The van der Waals surface area contributed by atoms with E-state index in [2.05, 4.69) is 23.7 Å². The molecule has 2 fully saturated rings. The molecule has 1 N–H and O–H groups in total. The van der Waals surface area contributed by atoms with Gasteiger partial charge in [-0.15, -0.1) is 11.3 Å². The molecule has 2 saturated heterocycles. The fraction of sp³-hybridized carbons (Fsp3) is 0.562. The van der Waals surface area contributed by atoms with E-state index in [1.165, 1.54) is 30.7 Å². The second kappa shape index (κ2) is 6.18. The zero-order chi connectivity index (χ0) is 14.8. The highest BCUT2D eigenvalue weighted by Gasteiger charge is 2.37. The fourth-order valence-electron chi connectivity index (χ4n) is 3.31. The molecule has 0 aliphatic carbocycles. The molecule has 2 aliphatic rings. The Morgan fingerprint density at radius 3 is 3.19 bits per heavy atom. The zero-order valence-electron chi connectivity index (χ0n) is 12.2. The van der Waals surface area contributed by atoms with Crippen LogP contribution >= 0.6 is 11.3 Å². The van der Waals surface area contributed by atoms with Gasteiger partial charge in [-0.05, 0) is 37.8 Å². The Hall–Kier alpha value is -1.35. The van der Waals surface area contributed by atoms with Gasteiger partial charge in [-0.2, -0.15) is 0 Å². The first-order valence-corrected chi connectivity index (χ1v) is 8.31. The second-order valence-corrected chi connectivity index (χ2v) is 6.64. The van der Waals surface area contributed by atoms with Crippen LogP contribution in [0.4, 0.5) is 0 Å². The molecule has 5 heteroatoms. The van der Waals surface area contributed by atoms with Gasteiger partial charge in [0.05, 0.1) is 0 Å². The van der Waals surface area contributed by atoms with Crippen LogP contribution in [0.1, 0.15) is 35.0 Å². The van der Waals surface area contributed by atoms with E-state index in [0.717, 1.165) is 18.7 Å². The van der Waals surface area contributed by atoms with Crippen molar-refractivity contribution in [2.24, 2.45) is 0 Å². The third-order valence-electron chi connectivity index (χ3n) is 4.36. The molecule has 0 saturated carbocycles. The van der Waals surface area contributed by atoms with Gasteiger partial charge in [0.15, 0.2) is 0 Å². The van der Waals surface area contributed by atoms with Gasteiger partial charge in [0.2, 0.25) is 0 Å². The number of hydrogen-bond donors (Lipinski definition) is 1. The Labute approximate surface area is 129 Å². The molecular formula is C16H20N2O2S. The van der Waals surface area contributed by atoms with E-state index >= 15 is 0 Å². The van der Waals surface area contributed by atoms with Gasteiger partial charge in [0.1, 0.15) is 11.5 Å². The Balaban J connectivity index is 1.80. The highest BCUT2D eigenvalue weighted by atomic mass is 32.1. The maximum Gasteiger partial charge on any atom is 0.265 e. The van der Waals surface area contributed by atoms with E-state index in [9.17, 15) is 4.79 Å². The first-order valence-electron chi connectivity index (χ1n) is 7.43. The normalized spacial score (nSPS) is 25.3. The minimum absolute atomic E-state index is 0.0892. The summed E-state index contributed by atoms with van der Waals surface area (Å²) in [6.45, 7) is 4.91. The minimum Gasteiger partial charge on any atom is -0.384 e. The zero-order valence-corrected chi connectivity index (χ0v) is 13.0. The molecule has 0 bridgehead atoms. The smallest absolute Gasteiger partial charge is 0.265 e. The lowest BCUT2D eigenvalue weighted by Crippen LogP contribution is -2.56. The molecule has 112 valence electrons. The van der Waals surface area contributed by atoms with Crippen LogP contribution in [-0.4, -0.2) is 59.1 Å². The number of aliphatic hydroxyl groups excluding tert-OH is 1. The number of rotatable bonds is 1. The lowest BCUT2D eigenvalue weighted by Gasteiger charge is -2.42. The summed E-state index contributed by atoms with van der Waals surface area (Å²) in [6, 6.07) is 2.63. The molecule has 1 aromatic rings. The van der Waals surface area contributed by atoms with E-state index in [1.807, 2.05) is 16.3 Å². The molecule has 2 aliphatic heterocycles. The maximum absolute atomic E-state index is 12.8. The summed E-state index contributed by atoms with van der Waals surface area (Å²) < 4.78 is 0. The van der Waals surface area contributed by atoms with Gasteiger partial charge < -0.3 is 10.0 Å². The van der Waals surface area contributed by atoms with Crippen LogP contribution in [0.15, 0.2) is 11.4 Å². The summed E-state index contributed by atoms with van der Waals surface area (Å²) in [7, 11) is 0. The molecule has 4 nitrogen and oxygen atoms in total. The SMILES string of the molecule is CC1CN2CCCC2CN1C(=O)c1sccc1C#CCO. The van der Waals surface area contributed by atoms with Crippen molar-refractivity contribution < 1.29 is 9.90 Å². The van der Waals surface area contributed by atoms with Crippen LogP contribution in [0, 0.1) is 11.8 Å². The third kappa shape index (κ3) is 2.84. The lowest BCUT2D eigenvalue weighted by molar-refractivity contribution is 0.0399. The van der Waals surface area contributed by atoms with Gasteiger partial charge in [-0.25, -0.2) is 0 Å². The Morgan fingerprint density at radius 1 is 1.52 bits per heavy atom. The van der Waals surface area contributed by atoms with Crippen LogP contribution in [0.25, 0.3) is 0 Å². The number of fused-ring (bicyclic) bond motifs is 1. The van der Waals surface area contributed by atoms with Gasteiger partial charge in [0, 0.05) is 30.7 Å². The van der Waals surface area contributed by atoms with Crippen LogP contribution < -0.4 is 0 Å². The molecule has 2 unspecified atom stereocenters. The molecule has 0 spiro atoms. The van der Waals surface area contributed by atoms with Crippen molar-refractivity contribution >= 4 is 17.2 Å².